The highest BCUT2D eigenvalue weighted by Gasteiger charge is 2.39. The van der Waals surface area contributed by atoms with Crippen molar-refractivity contribution < 1.29 is 22.8 Å². The minimum absolute atomic E-state index is 0.238. The Morgan fingerprint density at radius 3 is 2.25 bits per heavy atom. The Balaban J connectivity index is 3.05. The number of halogens is 3. The van der Waals surface area contributed by atoms with Crippen LogP contribution in [0.2, 0.25) is 0 Å². The average molecular weight is 175 g/mol. The number of hydrogen-bond donors (Lipinski definition) is 0. The average Bonchev–Trinajstić information content (AvgIpc) is 1.92. The van der Waals surface area contributed by atoms with Crippen molar-refractivity contribution in [1.82, 2.24) is 0 Å². The van der Waals surface area contributed by atoms with E-state index in [-0.39, 0.29) is 6.08 Å². The smallest absolute Gasteiger partial charge is 0.289 e. The summed E-state index contributed by atoms with van der Waals surface area (Å²) in [4.78, 5) is 20.9. The zero-order chi connectivity index (χ0) is 9.35. The summed E-state index contributed by atoms with van der Waals surface area (Å²) in [7, 11) is 0. The molecule has 5 heteroatoms. The SMILES string of the molecule is O=C1[C]=CC(=O)C(C(F)(F)F)=C1. The molecular formula is C7H2F3O2. The molecule has 1 radical (unpaired) electrons. The number of allylic oxidation sites excluding steroid dienone is 4. The molecule has 0 fully saturated rings. The molecule has 0 saturated heterocycles. The Bertz CT molecular complexity index is 296. The van der Waals surface area contributed by atoms with E-state index in [9.17, 15) is 22.8 Å². The van der Waals surface area contributed by atoms with Crippen LogP contribution in [0.5, 0.6) is 0 Å². The fourth-order valence-electron chi connectivity index (χ4n) is 0.680. The minimum Gasteiger partial charge on any atom is -0.289 e. The number of carbonyl (C=O) groups excluding carboxylic acids is 2. The van der Waals surface area contributed by atoms with Crippen molar-refractivity contribution in [2.45, 2.75) is 6.18 Å². The molecule has 63 valence electrons. The predicted octanol–water partition coefficient (Wildman–Crippen LogP) is 0.986. The van der Waals surface area contributed by atoms with Crippen LogP contribution in [0.4, 0.5) is 13.2 Å². The Labute approximate surface area is 65.4 Å². The number of rotatable bonds is 0. The molecule has 0 aromatic rings. The highest BCUT2D eigenvalue weighted by Crippen LogP contribution is 2.27. The van der Waals surface area contributed by atoms with Crippen molar-refractivity contribution in [2.75, 3.05) is 0 Å². The van der Waals surface area contributed by atoms with Gasteiger partial charge in [0.2, 0.25) is 0 Å². The lowest BCUT2D eigenvalue weighted by atomic mass is 10.0. The largest absolute Gasteiger partial charge is 0.420 e. The summed E-state index contributed by atoms with van der Waals surface area (Å²) in [5.41, 5.74) is -1.44. The van der Waals surface area contributed by atoms with Gasteiger partial charge in [-0.1, -0.05) is 0 Å². The Hall–Kier alpha value is -1.39. The van der Waals surface area contributed by atoms with E-state index in [4.69, 9.17) is 0 Å². The van der Waals surface area contributed by atoms with E-state index in [0.29, 0.717) is 6.08 Å². The molecule has 12 heavy (non-hydrogen) atoms. The maximum absolute atomic E-state index is 11.9. The zero-order valence-corrected chi connectivity index (χ0v) is 5.61. The van der Waals surface area contributed by atoms with Crippen molar-refractivity contribution in [1.29, 1.82) is 0 Å². The summed E-state index contributed by atoms with van der Waals surface area (Å²) in [5, 5.41) is 0. The molecule has 0 heterocycles. The summed E-state index contributed by atoms with van der Waals surface area (Å²) >= 11 is 0. The summed E-state index contributed by atoms with van der Waals surface area (Å²) in [6.45, 7) is 0. The van der Waals surface area contributed by atoms with Crippen molar-refractivity contribution >= 4 is 11.6 Å². The van der Waals surface area contributed by atoms with E-state index < -0.39 is 23.3 Å². The normalized spacial score (nSPS) is 18.1. The second-order valence-electron chi connectivity index (χ2n) is 2.07. The molecule has 0 saturated carbocycles. The third-order valence-electron chi connectivity index (χ3n) is 1.19. The quantitative estimate of drug-likeness (QED) is 0.514. The van der Waals surface area contributed by atoms with Gasteiger partial charge in [0.25, 0.3) is 0 Å². The van der Waals surface area contributed by atoms with E-state index >= 15 is 0 Å². The van der Waals surface area contributed by atoms with Gasteiger partial charge >= 0.3 is 6.18 Å². The van der Waals surface area contributed by atoms with Crippen LogP contribution in [0.25, 0.3) is 0 Å². The van der Waals surface area contributed by atoms with Gasteiger partial charge in [-0.15, -0.1) is 0 Å². The topological polar surface area (TPSA) is 34.1 Å². The zero-order valence-electron chi connectivity index (χ0n) is 5.61. The summed E-state index contributed by atoms with van der Waals surface area (Å²) < 4.78 is 35.6. The van der Waals surface area contributed by atoms with Gasteiger partial charge in [-0.2, -0.15) is 13.2 Å². The molecule has 2 nitrogen and oxygen atoms in total. The van der Waals surface area contributed by atoms with E-state index in [1.165, 1.54) is 0 Å². The predicted molar refractivity (Wildman–Crippen MR) is 32.0 cm³/mol. The highest BCUT2D eigenvalue weighted by atomic mass is 19.4. The van der Waals surface area contributed by atoms with Gasteiger partial charge in [0.1, 0.15) is 5.57 Å². The number of carbonyl (C=O) groups is 2. The number of hydrogen-bond acceptors (Lipinski definition) is 2. The lowest BCUT2D eigenvalue weighted by Gasteiger charge is -2.09. The minimum atomic E-state index is -4.76. The van der Waals surface area contributed by atoms with E-state index in [1.807, 2.05) is 6.08 Å². The number of ketones is 2. The molecule has 0 atom stereocenters. The molecule has 0 bridgehead atoms. The third-order valence-corrected chi connectivity index (χ3v) is 1.19. The molecule has 1 rings (SSSR count). The maximum Gasteiger partial charge on any atom is 0.420 e. The Kier molecular flexibility index (Phi) is 1.87. The molecule has 1 aliphatic carbocycles. The van der Waals surface area contributed by atoms with Crippen molar-refractivity contribution in [3.8, 4) is 0 Å². The van der Waals surface area contributed by atoms with Crippen LogP contribution >= 0.6 is 0 Å². The van der Waals surface area contributed by atoms with Crippen LogP contribution < -0.4 is 0 Å². The van der Waals surface area contributed by atoms with E-state index in [2.05, 4.69) is 0 Å². The number of alkyl halides is 3. The fraction of sp³-hybridized carbons (Fsp3) is 0.143. The summed E-state index contributed by atoms with van der Waals surface area (Å²) in [5.74, 6) is -2.18. The van der Waals surface area contributed by atoms with Crippen LogP contribution in [0.3, 0.4) is 0 Å². The molecule has 0 unspecified atom stereocenters. The Morgan fingerprint density at radius 1 is 1.25 bits per heavy atom. The molecule has 0 aliphatic heterocycles. The van der Waals surface area contributed by atoms with Gasteiger partial charge in [-0.3, -0.25) is 9.59 Å². The first kappa shape index (κ1) is 8.70. The van der Waals surface area contributed by atoms with Crippen molar-refractivity contribution in [3.63, 3.8) is 0 Å². The molecule has 0 aromatic carbocycles. The third kappa shape index (κ3) is 1.61. The van der Waals surface area contributed by atoms with Gasteiger partial charge in [-0.25, -0.2) is 0 Å². The second kappa shape index (κ2) is 2.58. The van der Waals surface area contributed by atoms with Gasteiger partial charge < -0.3 is 0 Å². The fourth-order valence-corrected chi connectivity index (χ4v) is 0.680. The lowest BCUT2D eigenvalue weighted by molar-refractivity contribution is -0.127. The van der Waals surface area contributed by atoms with Gasteiger partial charge in [0.05, 0.1) is 0 Å². The molecule has 0 N–H and O–H groups in total. The first-order valence-electron chi connectivity index (χ1n) is 2.88. The highest BCUT2D eigenvalue weighted by molar-refractivity contribution is 6.16. The van der Waals surface area contributed by atoms with Gasteiger partial charge in [0, 0.05) is 12.2 Å². The Morgan fingerprint density at radius 2 is 1.83 bits per heavy atom. The standard InChI is InChI=1S/C7H2F3O2/c8-7(9,10)5-3-4(11)1-2-6(5)12/h2-3H. The molecule has 0 spiro atoms. The molecule has 0 amide bonds. The van der Waals surface area contributed by atoms with Crippen LogP contribution in [0, 0.1) is 6.08 Å². The summed E-state index contributed by atoms with van der Waals surface area (Å²) in [6.07, 6.45) is -2.18. The molecule has 1 aliphatic rings. The van der Waals surface area contributed by atoms with E-state index in [0.717, 1.165) is 0 Å². The first-order chi connectivity index (χ1) is 5.41. The van der Waals surface area contributed by atoms with Crippen LogP contribution in [0.15, 0.2) is 17.7 Å². The van der Waals surface area contributed by atoms with Crippen LogP contribution in [0.1, 0.15) is 0 Å². The second-order valence-corrected chi connectivity index (χ2v) is 2.07. The summed E-state index contributed by atoms with van der Waals surface area (Å²) in [6, 6.07) is 0. The molecular weight excluding hydrogens is 173 g/mol. The molecule has 0 aromatic heterocycles. The first-order valence-corrected chi connectivity index (χ1v) is 2.88. The lowest BCUT2D eigenvalue weighted by Crippen LogP contribution is -2.22. The van der Waals surface area contributed by atoms with E-state index in [1.54, 1.807) is 0 Å². The van der Waals surface area contributed by atoms with Crippen molar-refractivity contribution in [3.05, 3.63) is 23.8 Å². The van der Waals surface area contributed by atoms with Gasteiger partial charge in [-0.05, 0) is 6.08 Å². The van der Waals surface area contributed by atoms with Crippen LogP contribution in [-0.4, -0.2) is 17.7 Å². The maximum atomic E-state index is 11.9. The van der Waals surface area contributed by atoms with Crippen molar-refractivity contribution in [2.24, 2.45) is 0 Å². The van der Waals surface area contributed by atoms with Gasteiger partial charge in [0.15, 0.2) is 11.6 Å². The van der Waals surface area contributed by atoms with Crippen LogP contribution in [-0.2, 0) is 9.59 Å². The monoisotopic (exact) mass is 175 g/mol.